The number of methoxy groups -OCH3 is 2. The lowest BCUT2D eigenvalue weighted by atomic mass is 10.2. The number of nitrogens with one attached hydrogen (secondary N) is 1. The second-order valence-electron chi connectivity index (χ2n) is 4.79. The Morgan fingerprint density at radius 3 is 2.60 bits per heavy atom. The summed E-state index contributed by atoms with van der Waals surface area (Å²) in [6.07, 6.45) is 1.44. The van der Waals surface area contributed by atoms with E-state index in [4.69, 9.17) is 37.5 Å². The van der Waals surface area contributed by atoms with Gasteiger partial charge < -0.3 is 19.6 Å². The number of oxime groups is 1. The smallest absolute Gasteiger partial charge is 0.265 e. The van der Waals surface area contributed by atoms with Crippen LogP contribution < -0.4 is 14.8 Å². The van der Waals surface area contributed by atoms with Gasteiger partial charge in [0.05, 0.1) is 30.5 Å². The van der Waals surface area contributed by atoms with Gasteiger partial charge in [-0.25, -0.2) is 0 Å². The van der Waals surface area contributed by atoms with Crippen LogP contribution in [0.1, 0.15) is 5.56 Å². The summed E-state index contributed by atoms with van der Waals surface area (Å²) in [7, 11) is 3.11. The van der Waals surface area contributed by atoms with Crippen molar-refractivity contribution < 1.29 is 19.1 Å². The van der Waals surface area contributed by atoms with E-state index in [0.29, 0.717) is 32.8 Å². The van der Waals surface area contributed by atoms with Gasteiger partial charge in [-0.3, -0.25) is 4.79 Å². The molecule has 1 amide bonds. The van der Waals surface area contributed by atoms with Gasteiger partial charge >= 0.3 is 0 Å². The van der Waals surface area contributed by atoms with Crippen LogP contribution in [0, 0.1) is 0 Å². The van der Waals surface area contributed by atoms with Crippen molar-refractivity contribution in [2.24, 2.45) is 5.16 Å². The van der Waals surface area contributed by atoms with Crippen molar-refractivity contribution in [2.75, 3.05) is 26.1 Å². The Hall–Kier alpha value is -2.44. The zero-order valence-corrected chi connectivity index (χ0v) is 15.1. The molecule has 0 aromatic heterocycles. The van der Waals surface area contributed by atoms with Gasteiger partial charge in [0.2, 0.25) is 0 Å². The van der Waals surface area contributed by atoms with Crippen LogP contribution in [0.3, 0.4) is 0 Å². The molecule has 0 heterocycles. The summed E-state index contributed by atoms with van der Waals surface area (Å²) in [5.74, 6) is 0.876. The molecule has 0 aliphatic rings. The molecule has 0 aliphatic heterocycles. The van der Waals surface area contributed by atoms with Crippen LogP contribution in [0.2, 0.25) is 10.0 Å². The monoisotopic (exact) mass is 382 g/mol. The molecular formula is C17H16Cl2N2O4. The number of carbonyl (C=O) groups is 1. The zero-order valence-electron chi connectivity index (χ0n) is 13.6. The molecule has 0 radical (unpaired) electrons. The standard InChI is InChI=1S/C17H16Cl2N2O4/c1-23-13-4-6-16(24-2)11(7-13)9-20-25-10-17(22)21-12-3-5-14(18)15(19)8-12/h3-9H,10H2,1-2H3,(H,21,22)/b20-9-. The first-order valence-corrected chi connectivity index (χ1v) is 7.91. The fourth-order valence-electron chi connectivity index (χ4n) is 1.90. The van der Waals surface area contributed by atoms with E-state index in [1.165, 1.54) is 6.21 Å². The maximum Gasteiger partial charge on any atom is 0.265 e. The van der Waals surface area contributed by atoms with Crippen LogP contribution >= 0.6 is 23.2 Å². The third-order valence-corrected chi connectivity index (χ3v) is 3.84. The Labute approximate surface area is 155 Å². The summed E-state index contributed by atoms with van der Waals surface area (Å²) >= 11 is 11.7. The summed E-state index contributed by atoms with van der Waals surface area (Å²) < 4.78 is 10.4. The van der Waals surface area contributed by atoms with Crippen molar-refractivity contribution in [3.63, 3.8) is 0 Å². The van der Waals surface area contributed by atoms with Crippen molar-refractivity contribution in [3.8, 4) is 11.5 Å². The van der Waals surface area contributed by atoms with Gasteiger partial charge in [-0.05, 0) is 36.4 Å². The average molecular weight is 383 g/mol. The molecule has 1 N–H and O–H groups in total. The van der Waals surface area contributed by atoms with Gasteiger partial charge in [0.25, 0.3) is 5.91 Å². The normalized spacial score (nSPS) is 10.6. The van der Waals surface area contributed by atoms with E-state index in [2.05, 4.69) is 10.5 Å². The molecule has 132 valence electrons. The van der Waals surface area contributed by atoms with Crippen LogP contribution in [0.25, 0.3) is 0 Å². The average Bonchev–Trinajstić information content (AvgIpc) is 2.61. The van der Waals surface area contributed by atoms with E-state index in [-0.39, 0.29) is 12.5 Å². The first kappa shape index (κ1) is 18.9. The molecule has 2 aromatic carbocycles. The van der Waals surface area contributed by atoms with Gasteiger partial charge in [-0.15, -0.1) is 0 Å². The molecule has 0 aliphatic carbocycles. The van der Waals surface area contributed by atoms with Crippen molar-refractivity contribution in [2.45, 2.75) is 0 Å². The number of nitrogens with zero attached hydrogens (tertiary/aromatic N) is 1. The minimum atomic E-state index is -0.381. The molecule has 0 bridgehead atoms. The highest BCUT2D eigenvalue weighted by molar-refractivity contribution is 6.42. The van der Waals surface area contributed by atoms with E-state index in [1.54, 1.807) is 50.6 Å². The molecule has 0 saturated heterocycles. The van der Waals surface area contributed by atoms with Crippen molar-refractivity contribution >= 4 is 41.0 Å². The predicted octanol–water partition coefficient (Wildman–Crippen LogP) is 4.00. The number of halogens is 2. The summed E-state index contributed by atoms with van der Waals surface area (Å²) in [6.45, 7) is -0.261. The van der Waals surface area contributed by atoms with Gasteiger partial charge in [-0.1, -0.05) is 28.4 Å². The minimum Gasteiger partial charge on any atom is -0.497 e. The molecule has 0 unspecified atom stereocenters. The lowest BCUT2D eigenvalue weighted by molar-refractivity contribution is -0.120. The molecule has 25 heavy (non-hydrogen) atoms. The number of amides is 1. The number of ether oxygens (including phenoxy) is 2. The lowest BCUT2D eigenvalue weighted by Crippen LogP contribution is -2.16. The van der Waals surface area contributed by atoms with E-state index < -0.39 is 0 Å². The summed E-state index contributed by atoms with van der Waals surface area (Å²) in [4.78, 5) is 16.8. The van der Waals surface area contributed by atoms with E-state index >= 15 is 0 Å². The van der Waals surface area contributed by atoms with Crippen LogP contribution in [0.15, 0.2) is 41.6 Å². The van der Waals surface area contributed by atoms with Crippen molar-refractivity contribution in [3.05, 3.63) is 52.0 Å². The van der Waals surface area contributed by atoms with Crippen LogP contribution in [-0.4, -0.2) is 32.9 Å². The summed E-state index contributed by atoms with van der Waals surface area (Å²) in [5, 5.41) is 7.15. The maximum atomic E-state index is 11.8. The number of hydrogen-bond acceptors (Lipinski definition) is 5. The zero-order chi connectivity index (χ0) is 18.2. The Balaban J connectivity index is 1.90. The van der Waals surface area contributed by atoms with E-state index in [0.717, 1.165) is 0 Å². The van der Waals surface area contributed by atoms with Crippen LogP contribution in [0.4, 0.5) is 5.69 Å². The lowest BCUT2D eigenvalue weighted by Gasteiger charge is -2.07. The van der Waals surface area contributed by atoms with E-state index in [1.807, 2.05) is 0 Å². The van der Waals surface area contributed by atoms with Crippen molar-refractivity contribution in [1.29, 1.82) is 0 Å². The Bertz CT molecular complexity index is 781. The molecule has 2 aromatic rings. The van der Waals surface area contributed by atoms with Gasteiger partial charge in [0.15, 0.2) is 6.61 Å². The summed E-state index contributed by atoms with van der Waals surface area (Å²) in [6, 6.07) is 10.0. The quantitative estimate of drug-likeness (QED) is 0.580. The van der Waals surface area contributed by atoms with E-state index in [9.17, 15) is 4.79 Å². The Morgan fingerprint density at radius 1 is 1.12 bits per heavy atom. The molecule has 0 spiro atoms. The van der Waals surface area contributed by atoms with Crippen molar-refractivity contribution in [1.82, 2.24) is 0 Å². The molecule has 6 nitrogen and oxygen atoms in total. The van der Waals surface area contributed by atoms with Crippen LogP contribution in [0.5, 0.6) is 11.5 Å². The number of benzene rings is 2. The second-order valence-corrected chi connectivity index (χ2v) is 5.61. The second kappa shape index (κ2) is 9.15. The third-order valence-electron chi connectivity index (χ3n) is 3.10. The van der Waals surface area contributed by atoms with Crippen LogP contribution in [-0.2, 0) is 9.63 Å². The highest BCUT2D eigenvalue weighted by atomic mass is 35.5. The summed E-state index contributed by atoms with van der Waals surface area (Å²) in [5.41, 5.74) is 1.17. The number of rotatable bonds is 7. The molecular weight excluding hydrogens is 367 g/mol. The first-order valence-electron chi connectivity index (χ1n) is 7.15. The Morgan fingerprint density at radius 2 is 1.92 bits per heavy atom. The topological polar surface area (TPSA) is 69.1 Å². The minimum absolute atomic E-state index is 0.261. The van der Waals surface area contributed by atoms with Gasteiger partial charge in [0.1, 0.15) is 11.5 Å². The number of carbonyl (C=O) groups excluding carboxylic acids is 1. The molecule has 8 heteroatoms. The number of hydrogen-bond donors (Lipinski definition) is 1. The SMILES string of the molecule is COc1ccc(OC)c(/C=N\OCC(=O)Nc2ccc(Cl)c(Cl)c2)c1. The number of anilines is 1. The highest BCUT2D eigenvalue weighted by Gasteiger charge is 2.06. The highest BCUT2D eigenvalue weighted by Crippen LogP contribution is 2.25. The fraction of sp³-hybridized carbons (Fsp3) is 0.176. The Kier molecular flexibility index (Phi) is 6.91. The largest absolute Gasteiger partial charge is 0.497 e. The molecule has 2 rings (SSSR count). The fourth-order valence-corrected chi connectivity index (χ4v) is 2.20. The third kappa shape index (κ3) is 5.55. The molecule has 0 fully saturated rings. The van der Waals surface area contributed by atoms with Gasteiger partial charge in [0, 0.05) is 11.3 Å². The molecule has 0 atom stereocenters. The first-order chi connectivity index (χ1) is 12.0. The molecule has 0 saturated carbocycles. The van der Waals surface area contributed by atoms with Gasteiger partial charge in [-0.2, -0.15) is 0 Å². The predicted molar refractivity (Wildman–Crippen MR) is 98.2 cm³/mol. The maximum absolute atomic E-state index is 11.8.